The number of halogens is 6. The van der Waals surface area contributed by atoms with Crippen LogP contribution in [0.4, 0.5) is 22.0 Å². The summed E-state index contributed by atoms with van der Waals surface area (Å²) in [6.07, 6.45) is -9.10. The van der Waals surface area contributed by atoms with Crippen LogP contribution in [0.3, 0.4) is 0 Å². The predicted molar refractivity (Wildman–Crippen MR) is 64.3 cm³/mol. The predicted octanol–water partition coefficient (Wildman–Crippen LogP) is 3.24. The Labute approximate surface area is 123 Å². The van der Waals surface area contributed by atoms with E-state index in [1.807, 2.05) is 0 Å². The first-order valence-electron chi connectivity index (χ1n) is 4.94. The van der Waals surface area contributed by atoms with Gasteiger partial charge in [-0.1, -0.05) is 0 Å². The third-order valence-corrected chi connectivity index (χ3v) is 2.58. The van der Waals surface area contributed by atoms with Crippen molar-refractivity contribution in [2.24, 2.45) is 0 Å². The standard InChI is InChI=1S/C10H7F5INO3/c1-19-6(18)3-4-2-5(16)17-7(9(11)12)8(4)20-10(13,14)15/h2,9H,3H2,1H3. The van der Waals surface area contributed by atoms with E-state index in [-0.39, 0.29) is 9.26 Å². The van der Waals surface area contributed by atoms with Crippen LogP contribution in [0.25, 0.3) is 0 Å². The van der Waals surface area contributed by atoms with Gasteiger partial charge in [0.25, 0.3) is 6.43 Å². The van der Waals surface area contributed by atoms with Gasteiger partial charge in [0, 0.05) is 5.56 Å². The van der Waals surface area contributed by atoms with Crippen molar-refractivity contribution in [3.63, 3.8) is 0 Å². The fourth-order valence-corrected chi connectivity index (χ4v) is 1.95. The third kappa shape index (κ3) is 4.72. The number of pyridine rings is 1. The number of hydrogen-bond donors (Lipinski definition) is 0. The lowest BCUT2D eigenvalue weighted by Gasteiger charge is -2.16. The van der Waals surface area contributed by atoms with Crippen LogP contribution in [0.1, 0.15) is 17.7 Å². The Morgan fingerprint density at radius 1 is 1.45 bits per heavy atom. The molecule has 0 amide bonds. The highest BCUT2D eigenvalue weighted by atomic mass is 127. The number of carbonyl (C=O) groups is 1. The van der Waals surface area contributed by atoms with Crippen molar-refractivity contribution in [3.05, 3.63) is 21.0 Å². The van der Waals surface area contributed by atoms with Gasteiger partial charge in [-0.3, -0.25) is 4.79 Å². The van der Waals surface area contributed by atoms with E-state index >= 15 is 0 Å². The van der Waals surface area contributed by atoms with E-state index in [4.69, 9.17) is 0 Å². The summed E-state index contributed by atoms with van der Waals surface area (Å²) < 4.78 is 70.2. The Morgan fingerprint density at radius 3 is 2.50 bits per heavy atom. The molecule has 0 aliphatic heterocycles. The molecule has 0 spiro atoms. The van der Waals surface area contributed by atoms with Gasteiger partial charge in [-0.25, -0.2) is 13.8 Å². The van der Waals surface area contributed by atoms with Crippen LogP contribution < -0.4 is 4.74 Å². The number of rotatable bonds is 4. The van der Waals surface area contributed by atoms with E-state index in [2.05, 4.69) is 14.5 Å². The highest BCUT2D eigenvalue weighted by Gasteiger charge is 2.35. The van der Waals surface area contributed by atoms with Crippen molar-refractivity contribution in [3.8, 4) is 5.75 Å². The SMILES string of the molecule is COC(=O)Cc1cc(I)nc(C(F)F)c1OC(F)(F)F. The van der Waals surface area contributed by atoms with Crippen molar-refractivity contribution in [1.82, 2.24) is 4.98 Å². The summed E-state index contributed by atoms with van der Waals surface area (Å²) in [6.45, 7) is 0. The van der Waals surface area contributed by atoms with E-state index in [0.29, 0.717) is 0 Å². The third-order valence-electron chi connectivity index (χ3n) is 2.03. The molecule has 0 unspecified atom stereocenters. The highest BCUT2D eigenvalue weighted by Crippen LogP contribution is 2.35. The fourth-order valence-electron chi connectivity index (χ4n) is 1.31. The number of carbonyl (C=O) groups excluding carboxylic acids is 1. The molecule has 1 rings (SSSR count). The molecule has 0 atom stereocenters. The van der Waals surface area contributed by atoms with Gasteiger partial charge in [0.1, 0.15) is 3.70 Å². The van der Waals surface area contributed by atoms with Crippen molar-refractivity contribution in [2.45, 2.75) is 19.2 Å². The molecular formula is C10H7F5INO3. The summed E-state index contributed by atoms with van der Waals surface area (Å²) in [5, 5.41) is 0. The summed E-state index contributed by atoms with van der Waals surface area (Å²) in [7, 11) is 1.02. The number of methoxy groups -OCH3 is 1. The number of aromatic nitrogens is 1. The van der Waals surface area contributed by atoms with Crippen LogP contribution in [0.2, 0.25) is 0 Å². The first kappa shape index (κ1) is 16.9. The fraction of sp³-hybridized carbons (Fsp3) is 0.400. The lowest BCUT2D eigenvalue weighted by molar-refractivity contribution is -0.275. The van der Waals surface area contributed by atoms with E-state index in [9.17, 15) is 26.7 Å². The number of alkyl halides is 5. The average Bonchev–Trinajstić information content (AvgIpc) is 2.30. The van der Waals surface area contributed by atoms with Gasteiger partial charge in [-0.15, -0.1) is 13.2 Å². The molecule has 10 heteroatoms. The summed E-state index contributed by atoms with van der Waals surface area (Å²) in [5.74, 6) is -2.06. The van der Waals surface area contributed by atoms with E-state index in [0.717, 1.165) is 13.2 Å². The lowest BCUT2D eigenvalue weighted by atomic mass is 10.1. The summed E-state index contributed by atoms with van der Waals surface area (Å²) in [6, 6.07) is 1.05. The van der Waals surface area contributed by atoms with Gasteiger partial charge < -0.3 is 9.47 Å². The van der Waals surface area contributed by atoms with Crippen LogP contribution in [0.15, 0.2) is 6.07 Å². The first-order valence-corrected chi connectivity index (χ1v) is 6.02. The molecule has 0 N–H and O–H groups in total. The molecule has 0 fully saturated rings. The smallest absolute Gasteiger partial charge is 0.469 e. The van der Waals surface area contributed by atoms with E-state index < -0.39 is 36.6 Å². The Balaban J connectivity index is 3.35. The molecule has 0 bridgehead atoms. The molecule has 0 saturated carbocycles. The van der Waals surface area contributed by atoms with Gasteiger partial charge in [0.05, 0.1) is 13.5 Å². The molecule has 1 heterocycles. The van der Waals surface area contributed by atoms with Crippen molar-refractivity contribution in [1.29, 1.82) is 0 Å². The summed E-state index contributed by atoms with van der Waals surface area (Å²) in [4.78, 5) is 14.4. The Hall–Kier alpha value is -1.20. The maximum absolute atomic E-state index is 12.8. The maximum atomic E-state index is 12.8. The largest absolute Gasteiger partial charge is 0.573 e. The Bertz CT molecular complexity index is 506. The van der Waals surface area contributed by atoms with Crippen LogP contribution in [0, 0.1) is 3.70 Å². The summed E-state index contributed by atoms with van der Waals surface area (Å²) in [5.41, 5.74) is -1.54. The number of nitrogens with zero attached hydrogens (tertiary/aromatic N) is 1. The molecule has 1 aromatic heterocycles. The minimum absolute atomic E-state index is 0.00586. The van der Waals surface area contributed by atoms with Crippen LogP contribution in [-0.4, -0.2) is 24.4 Å². The topological polar surface area (TPSA) is 48.4 Å². The zero-order valence-electron chi connectivity index (χ0n) is 9.80. The first-order chi connectivity index (χ1) is 9.14. The molecular weight excluding hydrogens is 404 g/mol. The van der Waals surface area contributed by atoms with Gasteiger partial charge in [-0.2, -0.15) is 0 Å². The normalized spacial score (nSPS) is 11.6. The molecule has 4 nitrogen and oxygen atoms in total. The molecule has 20 heavy (non-hydrogen) atoms. The second kappa shape index (κ2) is 6.50. The average molecular weight is 411 g/mol. The number of ether oxygens (including phenoxy) is 2. The zero-order chi connectivity index (χ0) is 15.5. The molecule has 1 aromatic rings. The van der Waals surface area contributed by atoms with Gasteiger partial charge in [0.15, 0.2) is 11.4 Å². The minimum Gasteiger partial charge on any atom is -0.469 e. The van der Waals surface area contributed by atoms with Crippen LogP contribution in [-0.2, 0) is 16.0 Å². The Kier molecular flexibility index (Phi) is 5.48. The van der Waals surface area contributed by atoms with Gasteiger partial charge >= 0.3 is 12.3 Å². The maximum Gasteiger partial charge on any atom is 0.573 e. The molecule has 0 saturated heterocycles. The van der Waals surface area contributed by atoms with E-state index in [1.54, 1.807) is 22.6 Å². The molecule has 0 aliphatic rings. The zero-order valence-corrected chi connectivity index (χ0v) is 12.0. The molecule has 0 aromatic carbocycles. The lowest BCUT2D eigenvalue weighted by Crippen LogP contribution is -2.21. The van der Waals surface area contributed by atoms with Crippen molar-refractivity contribution >= 4 is 28.6 Å². The quantitative estimate of drug-likeness (QED) is 0.331. The van der Waals surface area contributed by atoms with Crippen LogP contribution >= 0.6 is 22.6 Å². The number of hydrogen-bond acceptors (Lipinski definition) is 4. The van der Waals surface area contributed by atoms with Gasteiger partial charge in [0.2, 0.25) is 0 Å². The van der Waals surface area contributed by atoms with Gasteiger partial charge in [-0.05, 0) is 28.7 Å². The van der Waals surface area contributed by atoms with Crippen molar-refractivity contribution in [2.75, 3.05) is 7.11 Å². The van der Waals surface area contributed by atoms with E-state index in [1.165, 1.54) is 0 Å². The number of esters is 1. The molecule has 112 valence electrons. The monoisotopic (exact) mass is 411 g/mol. The molecule has 0 aliphatic carbocycles. The second-order valence-corrected chi connectivity index (χ2v) is 4.53. The van der Waals surface area contributed by atoms with Crippen LogP contribution in [0.5, 0.6) is 5.75 Å². The van der Waals surface area contributed by atoms with Crippen molar-refractivity contribution < 1.29 is 36.2 Å². The molecule has 0 radical (unpaired) electrons. The minimum atomic E-state index is -5.18. The Morgan fingerprint density at radius 2 is 2.05 bits per heavy atom. The second-order valence-electron chi connectivity index (χ2n) is 3.42. The highest BCUT2D eigenvalue weighted by molar-refractivity contribution is 14.1. The summed E-state index contributed by atoms with van der Waals surface area (Å²) >= 11 is 1.54.